The minimum Gasteiger partial charge on any atom is -0.494 e. The molecule has 0 unspecified atom stereocenters. The van der Waals surface area contributed by atoms with Crippen molar-refractivity contribution < 1.29 is 4.74 Å². The number of hydrogen-bond donors (Lipinski definition) is 2. The summed E-state index contributed by atoms with van der Waals surface area (Å²) < 4.78 is 5.58. The third-order valence-corrected chi connectivity index (χ3v) is 4.76. The molecule has 4 nitrogen and oxygen atoms in total. The fourth-order valence-electron chi connectivity index (χ4n) is 3.53. The van der Waals surface area contributed by atoms with Gasteiger partial charge in [-0.05, 0) is 55.9 Å². The van der Waals surface area contributed by atoms with Gasteiger partial charge in [0.05, 0.1) is 18.5 Å². The van der Waals surface area contributed by atoms with Crippen molar-refractivity contribution in [3.05, 3.63) is 64.6 Å². The first-order valence-electron chi connectivity index (χ1n) is 8.17. The van der Waals surface area contributed by atoms with Crippen molar-refractivity contribution in [3.63, 3.8) is 0 Å². The Hall–Kier alpha value is -2.49. The van der Waals surface area contributed by atoms with Gasteiger partial charge in [-0.3, -0.25) is 0 Å². The van der Waals surface area contributed by atoms with Gasteiger partial charge in [-0.15, -0.1) is 0 Å². The van der Waals surface area contributed by atoms with Gasteiger partial charge in [0, 0.05) is 29.7 Å². The number of allylic oxidation sites excluding steroid dienone is 2. The molecule has 4 rings (SSSR count). The van der Waals surface area contributed by atoms with Crippen LogP contribution in [0.3, 0.4) is 0 Å². The molecule has 0 aromatic carbocycles. The standard InChI is InChI=1S/C19H21N3O/c1-12(18-14-7-4-3-6-13(14)11-21-18)19-17(23-2)10-16(22-19)15-8-5-9-20-15/h5,8-11,20-21H,3-4,6-7H2,1-2H3. The maximum atomic E-state index is 5.58. The van der Waals surface area contributed by atoms with E-state index in [0.29, 0.717) is 0 Å². The molecule has 0 saturated carbocycles. The SMILES string of the molecule is COC1=CC(c2ccc[nH]2)=NC1=C(C)c1[nH]cc2c1CCCC2. The number of aromatic amines is 2. The summed E-state index contributed by atoms with van der Waals surface area (Å²) in [6, 6.07) is 4.01. The van der Waals surface area contributed by atoms with Gasteiger partial charge in [0.25, 0.3) is 0 Å². The third kappa shape index (κ3) is 2.34. The summed E-state index contributed by atoms with van der Waals surface area (Å²) in [5.41, 5.74) is 8.14. The summed E-state index contributed by atoms with van der Waals surface area (Å²) in [6.07, 6.45) is 11.0. The van der Waals surface area contributed by atoms with Crippen LogP contribution in [-0.2, 0) is 17.6 Å². The quantitative estimate of drug-likeness (QED) is 0.885. The smallest absolute Gasteiger partial charge is 0.147 e. The van der Waals surface area contributed by atoms with Crippen molar-refractivity contribution in [2.75, 3.05) is 7.11 Å². The molecule has 0 radical (unpaired) electrons. The largest absolute Gasteiger partial charge is 0.494 e. The maximum Gasteiger partial charge on any atom is 0.147 e. The molecular weight excluding hydrogens is 286 g/mol. The molecule has 2 aromatic heterocycles. The van der Waals surface area contributed by atoms with E-state index in [-0.39, 0.29) is 0 Å². The Kier molecular flexibility index (Phi) is 3.45. The zero-order chi connectivity index (χ0) is 15.8. The van der Waals surface area contributed by atoms with Crippen LogP contribution in [0.4, 0.5) is 0 Å². The number of aromatic nitrogens is 2. The first kappa shape index (κ1) is 14.1. The summed E-state index contributed by atoms with van der Waals surface area (Å²) in [5.74, 6) is 0.825. The number of methoxy groups -OCH3 is 1. The second kappa shape index (κ2) is 5.61. The maximum absolute atomic E-state index is 5.58. The average Bonchev–Trinajstić information content (AvgIpc) is 3.31. The molecule has 0 spiro atoms. The predicted molar refractivity (Wildman–Crippen MR) is 92.5 cm³/mol. The number of ether oxygens (including phenoxy) is 1. The molecule has 0 fully saturated rings. The number of nitrogens with zero attached hydrogens (tertiary/aromatic N) is 1. The Morgan fingerprint density at radius 3 is 2.87 bits per heavy atom. The summed E-state index contributed by atoms with van der Waals surface area (Å²) in [4.78, 5) is 11.5. The molecule has 0 bridgehead atoms. The second-order valence-electron chi connectivity index (χ2n) is 6.14. The van der Waals surface area contributed by atoms with Gasteiger partial charge in [0.2, 0.25) is 0 Å². The lowest BCUT2D eigenvalue weighted by Crippen LogP contribution is -2.02. The van der Waals surface area contributed by atoms with Crippen molar-refractivity contribution in [2.24, 2.45) is 4.99 Å². The van der Waals surface area contributed by atoms with Gasteiger partial charge in [-0.25, -0.2) is 4.99 Å². The zero-order valence-electron chi connectivity index (χ0n) is 13.6. The van der Waals surface area contributed by atoms with Gasteiger partial charge in [-0.1, -0.05) is 0 Å². The fraction of sp³-hybridized carbons (Fsp3) is 0.316. The number of aryl methyl sites for hydroxylation is 1. The van der Waals surface area contributed by atoms with E-state index in [9.17, 15) is 0 Å². The summed E-state index contributed by atoms with van der Waals surface area (Å²) in [6.45, 7) is 2.13. The van der Waals surface area contributed by atoms with E-state index in [4.69, 9.17) is 9.73 Å². The van der Waals surface area contributed by atoms with E-state index in [2.05, 4.69) is 23.1 Å². The van der Waals surface area contributed by atoms with Crippen LogP contribution in [0.15, 0.2) is 47.1 Å². The average molecular weight is 307 g/mol. The summed E-state index contributed by atoms with van der Waals surface area (Å²) in [5, 5.41) is 0. The van der Waals surface area contributed by atoms with Crippen LogP contribution in [0.2, 0.25) is 0 Å². The van der Waals surface area contributed by atoms with Gasteiger partial charge in [0.1, 0.15) is 11.5 Å². The van der Waals surface area contributed by atoms with E-state index in [1.165, 1.54) is 36.1 Å². The normalized spacial score (nSPS) is 19.2. The second-order valence-corrected chi connectivity index (χ2v) is 6.14. The predicted octanol–water partition coefficient (Wildman–Crippen LogP) is 3.99. The number of H-pyrrole nitrogens is 2. The molecular formula is C19H21N3O. The molecule has 0 saturated heterocycles. The fourth-order valence-corrected chi connectivity index (χ4v) is 3.53. The first-order chi connectivity index (χ1) is 11.3. The highest BCUT2D eigenvalue weighted by Gasteiger charge is 2.23. The van der Waals surface area contributed by atoms with E-state index in [0.717, 1.165) is 34.9 Å². The Bertz CT molecular complexity index is 819. The minimum atomic E-state index is 0.825. The van der Waals surface area contributed by atoms with Gasteiger partial charge in [-0.2, -0.15) is 0 Å². The highest BCUT2D eigenvalue weighted by atomic mass is 16.5. The van der Waals surface area contributed by atoms with Crippen LogP contribution < -0.4 is 0 Å². The molecule has 0 amide bonds. The Balaban J connectivity index is 1.80. The Labute approximate surface area is 136 Å². The van der Waals surface area contributed by atoms with E-state index >= 15 is 0 Å². The van der Waals surface area contributed by atoms with E-state index in [1.54, 1.807) is 7.11 Å². The van der Waals surface area contributed by atoms with Crippen molar-refractivity contribution in [1.29, 1.82) is 0 Å². The lowest BCUT2D eigenvalue weighted by atomic mass is 9.92. The Morgan fingerprint density at radius 2 is 2.09 bits per heavy atom. The first-order valence-corrected chi connectivity index (χ1v) is 8.17. The number of nitrogens with one attached hydrogen (secondary N) is 2. The minimum absolute atomic E-state index is 0.825. The molecule has 118 valence electrons. The third-order valence-electron chi connectivity index (χ3n) is 4.76. The molecule has 2 aliphatic rings. The van der Waals surface area contributed by atoms with Crippen molar-refractivity contribution in [1.82, 2.24) is 9.97 Å². The molecule has 2 aromatic rings. The van der Waals surface area contributed by atoms with Crippen LogP contribution in [-0.4, -0.2) is 22.8 Å². The van der Waals surface area contributed by atoms with Crippen molar-refractivity contribution >= 4 is 11.3 Å². The molecule has 1 aliphatic carbocycles. The number of aliphatic imine (C=N–C) groups is 1. The van der Waals surface area contributed by atoms with Gasteiger partial charge in [0.15, 0.2) is 0 Å². The highest BCUT2D eigenvalue weighted by Crippen LogP contribution is 2.34. The van der Waals surface area contributed by atoms with Crippen LogP contribution in [0.5, 0.6) is 0 Å². The monoisotopic (exact) mass is 307 g/mol. The van der Waals surface area contributed by atoms with Gasteiger partial charge < -0.3 is 14.7 Å². The van der Waals surface area contributed by atoms with Crippen LogP contribution in [0.1, 0.15) is 42.3 Å². The lowest BCUT2D eigenvalue weighted by Gasteiger charge is -2.14. The van der Waals surface area contributed by atoms with Crippen LogP contribution in [0, 0.1) is 0 Å². The van der Waals surface area contributed by atoms with Crippen LogP contribution in [0.25, 0.3) is 5.57 Å². The lowest BCUT2D eigenvalue weighted by molar-refractivity contribution is 0.302. The highest BCUT2D eigenvalue weighted by molar-refractivity contribution is 6.11. The number of fused-ring (bicyclic) bond motifs is 1. The molecule has 3 heterocycles. The summed E-state index contributed by atoms with van der Waals surface area (Å²) >= 11 is 0. The van der Waals surface area contributed by atoms with Crippen molar-refractivity contribution in [2.45, 2.75) is 32.6 Å². The number of rotatable bonds is 3. The molecule has 2 N–H and O–H groups in total. The zero-order valence-corrected chi connectivity index (χ0v) is 13.6. The Morgan fingerprint density at radius 1 is 1.22 bits per heavy atom. The molecule has 4 heteroatoms. The number of hydrogen-bond acceptors (Lipinski definition) is 2. The molecule has 23 heavy (non-hydrogen) atoms. The van der Waals surface area contributed by atoms with Crippen LogP contribution >= 0.6 is 0 Å². The molecule has 1 aliphatic heterocycles. The van der Waals surface area contributed by atoms with E-state index < -0.39 is 0 Å². The van der Waals surface area contributed by atoms with Crippen molar-refractivity contribution in [3.8, 4) is 0 Å². The van der Waals surface area contributed by atoms with E-state index in [1.807, 2.05) is 24.4 Å². The van der Waals surface area contributed by atoms with Gasteiger partial charge >= 0.3 is 0 Å². The topological polar surface area (TPSA) is 53.2 Å². The summed E-state index contributed by atoms with van der Waals surface area (Å²) in [7, 11) is 1.70. The molecule has 0 atom stereocenters.